The van der Waals surface area contributed by atoms with E-state index in [4.69, 9.17) is 4.74 Å². The topological polar surface area (TPSA) is 55.6 Å². The highest BCUT2D eigenvalue weighted by atomic mass is 79.9. The van der Waals surface area contributed by atoms with Crippen molar-refractivity contribution in [2.75, 3.05) is 12.4 Å². The average Bonchev–Trinajstić information content (AvgIpc) is 3.24. The van der Waals surface area contributed by atoms with Crippen LogP contribution in [0.2, 0.25) is 0 Å². The third-order valence-electron chi connectivity index (χ3n) is 4.37. The van der Waals surface area contributed by atoms with Crippen molar-refractivity contribution in [3.8, 4) is 17.0 Å². The van der Waals surface area contributed by atoms with Crippen molar-refractivity contribution < 1.29 is 9.53 Å². The lowest BCUT2D eigenvalue weighted by Gasteiger charge is -2.10. The van der Waals surface area contributed by atoms with Crippen molar-refractivity contribution in [3.05, 3.63) is 69.8 Å². The van der Waals surface area contributed by atoms with Crippen LogP contribution in [0, 0.1) is 6.92 Å². The largest absolute Gasteiger partial charge is 0.495 e. The maximum absolute atomic E-state index is 12.6. The number of ether oxygens (including phenoxy) is 1. The van der Waals surface area contributed by atoms with Crippen LogP contribution in [0.1, 0.15) is 11.3 Å². The highest BCUT2D eigenvalue weighted by Crippen LogP contribution is 2.27. The molecule has 8 heteroatoms. The van der Waals surface area contributed by atoms with Crippen LogP contribution in [0.25, 0.3) is 16.2 Å². The summed E-state index contributed by atoms with van der Waals surface area (Å²) in [4.78, 5) is 18.2. The van der Waals surface area contributed by atoms with Crippen LogP contribution in [-0.4, -0.2) is 22.4 Å². The van der Waals surface area contributed by atoms with E-state index in [2.05, 4.69) is 26.2 Å². The maximum atomic E-state index is 12.6. The van der Waals surface area contributed by atoms with E-state index in [-0.39, 0.29) is 24.7 Å². The number of carbonyl (C=O) groups excluding carboxylic acids is 1. The number of aromatic nitrogens is 2. The van der Waals surface area contributed by atoms with Gasteiger partial charge in [-0.1, -0.05) is 34.1 Å². The van der Waals surface area contributed by atoms with Gasteiger partial charge in [0.25, 0.3) is 0 Å². The summed E-state index contributed by atoms with van der Waals surface area (Å²) in [5, 5.41) is 4.92. The Kier molecular flexibility index (Phi) is 6.62. The number of carbonyl (C=O) groups is 1. The van der Waals surface area contributed by atoms with Gasteiger partial charge >= 0.3 is 0 Å². The minimum Gasteiger partial charge on any atom is -0.495 e. The number of amides is 1. The Hall–Kier alpha value is -2.35. The molecule has 29 heavy (non-hydrogen) atoms. The fourth-order valence-corrected chi connectivity index (χ4v) is 4.29. The number of aryl methyl sites for hydroxylation is 1. The van der Waals surface area contributed by atoms with Crippen LogP contribution in [-0.2, 0) is 11.2 Å². The Morgan fingerprint density at radius 3 is 2.86 bits per heavy atom. The van der Waals surface area contributed by atoms with Gasteiger partial charge in [0.1, 0.15) is 5.75 Å². The van der Waals surface area contributed by atoms with Crippen molar-refractivity contribution in [1.82, 2.24) is 9.38 Å². The molecule has 150 valence electrons. The Morgan fingerprint density at radius 2 is 2.10 bits per heavy atom. The Labute approximate surface area is 187 Å². The number of hydrogen-bond donors (Lipinski definition) is 1. The second-order valence-electron chi connectivity index (χ2n) is 6.44. The zero-order valence-electron chi connectivity index (χ0n) is 15.8. The van der Waals surface area contributed by atoms with Gasteiger partial charge in [-0.2, -0.15) is 0 Å². The molecule has 2 aromatic heterocycles. The quantitative estimate of drug-likeness (QED) is 0.386. The van der Waals surface area contributed by atoms with Crippen LogP contribution in [0.15, 0.2) is 58.5 Å². The van der Waals surface area contributed by atoms with Gasteiger partial charge in [-0.05, 0) is 36.8 Å². The smallest absolute Gasteiger partial charge is 0.230 e. The van der Waals surface area contributed by atoms with Crippen molar-refractivity contribution in [2.45, 2.75) is 13.3 Å². The molecular weight excluding hydrogens is 474 g/mol. The molecule has 0 aliphatic heterocycles. The van der Waals surface area contributed by atoms with Crippen LogP contribution in [0.5, 0.6) is 5.75 Å². The van der Waals surface area contributed by atoms with Crippen LogP contribution < -0.4 is 10.1 Å². The summed E-state index contributed by atoms with van der Waals surface area (Å²) in [6.07, 6.45) is 2.23. The lowest BCUT2D eigenvalue weighted by Crippen LogP contribution is -2.16. The summed E-state index contributed by atoms with van der Waals surface area (Å²) in [5.41, 5.74) is 4.56. The summed E-state index contributed by atoms with van der Waals surface area (Å²) < 4.78 is 8.32. The molecule has 0 radical (unpaired) electrons. The van der Waals surface area contributed by atoms with Crippen molar-refractivity contribution >= 4 is 56.2 Å². The molecule has 0 unspecified atom stereocenters. The minimum atomic E-state index is -0.0960. The summed E-state index contributed by atoms with van der Waals surface area (Å²) in [5.74, 6) is 0.551. The van der Waals surface area contributed by atoms with Gasteiger partial charge in [-0.15, -0.1) is 23.7 Å². The lowest BCUT2D eigenvalue weighted by molar-refractivity contribution is -0.115. The van der Waals surface area contributed by atoms with Crippen LogP contribution in [0.4, 0.5) is 5.69 Å². The molecule has 4 rings (SSSR count). The molecule has 1 N–H and O–H groups in total. The number of methoxy groups -OCH3 is 1. The molecule has 0 saturated heterocycles. The molecule has 2 heterocycles. The second-order valence-corrected chi connectivity index (χ2v) is 8.20. The first-order valence-corrected chi connectivity index (χ1v) is 10.4. The molecule has 1 amide bonds. The number of rotatable bonds is 5. The second kappa shape index (κ2) is 8.98. The van der Waals surface area contributed by atoms with E-state index in [1.54, 1.807) is 7.11 Å². The lowest BCUT2D eigenvalue weighted by atomic mass is 10.2. The van der Waals surface area contributed by atoms with E-state index in [1.165, 1.54) is 11.3 Å². The number of thiazole rings is 1. The number of nitrogens with one attached hydrogen (secondary N) is 1. The van der Waals surface area contributed by atoms with E-state index in [9.17, 15) is 4.79 Å². The van der Waals surface area contributed by atoms with Gasteiger partial charge in [-0.25, -0.2) is 4.98 Å². The molecule has 2 aromatic carbocycles. The third kappa shape index (κ3) is 4.63. The summed E-state index contributed by atoms with van der Waals surface area (Å²) in [6.45, 7) is 1.98. The van der Waals surface area contributed by atoms with E-state index < -0.39 is 0 Å². The molecule has 0 aliphatic carbocycles. The third-order valence-corrected chi connectivity index (χ3v) is 5.76. The van der Waals surface area contributed by atoms with E-state index in [1.807, 2.05) is 65.4 Å². The van der Waals surface area contributed by atoms with Gasteiger partial charge in [0.2, 0.25) is 5.91 Å². The molecule has 0 bridgehead atoms. The molecule has 4 aromatic rings. The molecule has 0 fully saturated rings. The van der Waals surface area contributed by atoms with Crippen LogP contribution in [0.3, 0.4) is 0 Å². The van der Waals surface area contributed by atoms with E-state index >= 15 is 0 Å². The van der Waals surface area contributed by atoms with Crippen molar-refractivity contribution in [2.24, 2.45) is 0 Å². The first kappa shape index (κ1) is 21.4. The first-order chi connectivity index (χ1) is 13.5. The van der Waals surface area contributed by atoms with E-state index in [0.717, 1.165) is 31.9 Å². The SMILES string of the molecule is COc1ccc(C)cc1NC(=O)Cc1csc2nc(-c3cccc(Br)c3)cn12.Cl. The fourth-order valence-electron chi connectivity index (χ4n) is 3.02. The fraction of sp³-hybridized carbons (Fsp3) is 0.143. The van der Waals surface area contributed by atoms with Gasteiger partial charge in [0.15, 0.2) is 4.96 Å². The van der Waals surface area contributed by atoms with Gasteiger partial charge < -0.3 is 10.1 Å². The molecule has 5 nitrogen and oxygen atoms in total. The number of fused-ring (bicyclic) bond motifs is 1. The number of imidazole rings is 1. The van der Waals surface area contributed by atoms with Crippen LogP contribution >= 0.6 is 39.7 Å². The number of anilines is 1. The van der Waals surface area contributed by atoms with Crippen molar-refractivity contribution in [1.29, 1.82) is 0 Å². The van der Waals surface area contributed by atoms with Gasteiger partial charge in [0.05, 0.1) is 24.9 Å². The summed E-state index contributed by atoms with van der Waals surface area (Å²) in [6, 6.07) is 13.7. The number of nitrogens with zero attached hydrogens (tertiary/aromatic N) is 2. The highest BCUT2D eigenvalue weighted by molar-refractivity contribution is 9.10. The summed E-state index contributed by atoms with van der Waals surface area (Å²) >= 11 is 5.02. The Bertz CT molecular complexity index is 1170. The standard InChI is InChI=1S/C21H18BrN3O2S.ClH/c1-13-6-7-19(27-2)17(8-13)23-20(26)10-16-12-28-21-24-18(11-25(16)21)14-4-3-5-15(22)9-14;/h3-9,11-12H,10H2,1-2H3,(H,23,26);1H. The molecule has 0 aliphatic rings. The summed E-state index contributed by atoms with van der Waals surface area (Å²) in [7, 11) is 1.59. The molecule has 0 saturated carbocycles. The Morgan fingerprint density at radius 1 is 1.28 bits per heavy atom. The van der Waals surface area contributed by atoms with Gasteiger partial charge in [-0.3, -0.25) is 9.20 Å². The first-order valence-electron chi connectivity index (χ1n) is 8.69. The number of hydrogen-bond acceptors (Lipinski definition) is 4. The zero-order valence-corrected chi connectivity index (χ0v) is 19.0. The average molecular weight is 493 g/mol. The number of benzene rings is 2. The zero-order chi connectivity index (χ0) is 19.7. The Balaban J connectivity index is 0.00000240. The maximum Gasteiger partial charge on any atom is 0.230 e. The minimum absolute atomic E-state index is 0. The van der Waals surface area contributed by atoms with E-state index in [0.29, 0.717) is 11.4 Å². The monoisotopic (exact) mass is 491 g/mol. The molecular formula is C21H19BrClN3O2S. The number of halogens is 2. The van der Waals surface area contributed by atoms with Gasteiger partial charge in [0, 0.05) is 27.3 Å². The molecule has 0 atom stereocenters. The molecule has 0 spiro atoms. The van der Waals surface area contributed by atoms with Crippen molar-refractivity contribution in [3.63, 3.8) is 0 Å². The highest BCUT2D eigenvalue weighted by Gasteiger charge is 2.14. The predicted molar refractivity (Wildman–Crippen MR) is 124 cm³/mol. The normalized spacial score (nSPS) is 10.6. The predicted octanol–water partition coefficient (Wildman–Crippen LogP) is 5.75.